The monoisotopic (exact) mass is 589 g/mol. The standard InChI is InChI=1S/C24H18Br3NO2/c1-2-29-23-13-17(11-19(14-28)18-5-9-21(26)10-6-18)12-22(27)24(23)30-15-16-3-7-20(25)8-4-16/h3-13H,2,15H2,1H3/b19-11-. The van der Waals surface area contributed by atoms with Gasteiger partial charge < -0.3 is 9.47 Å². The quantitative estimate of drug-likeness (QED) is 0.206. The largest absolute Gasteiger partial charge is 0.490 e. The van der Waals surface area contributed by atoms with Gasteiger partial charge in [0.1, 0.15) is 6.61 Å². The van der Waals surface area contributed by atoms with Gasteiger partial charge in [0.05, 0.1) is 22.7 Å². The third kappa shape index (κ3) is 5.98. The Balaban J connectivity index is 1.90. The predicted molar refractivity (Wildman–Crippen MR) is 131 cm³/mol. The van der Waals surface area contributed by atoms with Gasteiger partial charge in [-0.05, 0) is 82.0 Å². The van der Waals surface area contributed by atoms with Gasteiger partial charge in [0, 0.05) is 8.95 Å². The zero-order valence-corrected chi connectivity index (χ0v) is 20.9. The molecule has 0 aliphatic heterocycles. The van der Waals surface area contributed by atoms with Crippen LogP contribution in [-0.2, 0) is 6.61 Å². The second-order valence-electron chi connectivity index (χ2n) is 6.35. The molecule has 3 aromatic carbocycles. The average Bonchev–Trinajstić information content (AvgIpc) is 2.73. The highest BCUT2D eigenvalue weighted by atomic mass is 79.9. The van der Waals surface area contributed by atoms with E-state index in [2.05, 4.69) is 53.9 Å². The third-order valence-electron chi connectivity index (χ3n) is 4.21. The summed E-state index contributed by atoms with van der Waals surface area (Å²) < 4.78 is 14.6. The maximum absolute atomic E-state index is 9.64. The zero-order chi connectivity index (χ0) is 21.5. The van der Waals surface area contributed by atoms with Crippen LogP contribution in [0.1, 0.15) is 23.6 Å². The van der Waals surface area contributed by atoms with Crippen molar-refractivity contribution in [2.75, 3.05) is 6.61 Å². The first kappa shape index (κ1) is 22.6. The second kappa shape index (κ2) is 10.8. The summed E-state index contributed by atoms with van der Waals surface area (Å²) in [6.07, 6.45) is 1.84. The van der Waals surface area contributed by atoms with E-state index in [0.29, 0.717) is 30.3 Å². The van der Waals surface area contributed by atoms with E-state index in [4.69, 9.17) is 9.47 Å². The number of halogens is 3. The van der Waals surface area contributed by atoms with Gasteiger partial charge in [-0.15, -0.1) is 0 Å². The first-order valence-electron chi connectivity index (χ1n) is 9.21. The lowest BCUT2D eigenvalue weighted by atomic mass is 10.0. The van der Waals surface area contributed by atoms with Gasteiger partial charge >= 0.3 is 0 Å². The van der Waals surface area contributed by atoms with Gasteiger partial charge in [0.15, 0.2) is 11.5 Å². The van der Waals surface area contributed by atoms with E-state index < -0.39 is 0 Å². The normalized spacial score (nSPS) is 11.1. The number of hydrogen-bond donors (Lipinski definition) is 0. The van der Waals surface area contributed by atoms with Crippen LogP contribution in [0.5, 0.6) is 11.5 Å². The van der Waals surface area contributed by atoms with Crippen molar-refractivity contribution in [1.29, 1.82) is 5.26 Å². The molecule has 0 saturated heterocycles. The molecule has 3 aromatic rings. The van der Waals surface area contributed by atoms with E-state index in [9.17, 15) is 5.26 Å². The fraction of sp³-hybridized carbons (Fsp3) is 0.125. The van der Waals surface area contributed by atoms with Crippen LogP contribution in [0.15, 0.2) is 74.1 Å². The first-order chi connectivity index (χ1) is 14.5. The molecule has 0 bridgehead atoms. The Kier molecular flexibility index (Phi) is 8.15. The molecule has 6 heteroatoms. The van der Waals surface area contributed by atoms with Crippen LogP contribution in [0.25, 0.3) is 11.6 Å². The Labute approximate surface area is 201 Å². The highest BCUT2D eigenvalue weighted by Gasteiger charge is 2.13. The molecule has 0 aromatic heterocycles. The van der Waals surface area contributed by atoms with E-state index in [1.807, 2.05) is 73.7 Å². The second-order valence-corrected chi connectivity index (χ2v) is 9.04. The van der Waals surface area contributed by atoms with Crippen molar-refractivity contribution >= 4 is 59.4 Å². The maximum Gasteiger partial charge on any atom is 0.175 e. The van der Waals surface area contributed by atoms with Gasteiger partial charge in [-0.25, -0.2) is 0 Å². The fourth-order valence-corrected chi connectivity index (χ4v) is 3.89. The molecule has 0 spiro atoms. The van der Waals surface area contributed by atoms with Gasteiger partial charge in [-0.3, -0.25) is 0 Å². The number of nitriles is 1. The topological polar surface area (TPSA) is 42.2 Å². The Hall–Kier alpha value is -2.07. The number of hydrogen-bond acceptors (Lipinski definition) is 3. The summed E-state index contributed by atoms with van der Waals surface area (Å²) in [6.45, 7) is 2.85. The molecule has 0 N–H and O–H groups in total. The molecule has 0 aliphatic rings. The predicted octanol–water partition coefficient (Wildman–Crippen LogP) is 8.02. The minimum absolute atomic E-state index is 0.420. The fourth-order valence-electron chi connectivity index (χ4n) is 2.79. The van der Waals surface area contributed by atoms with Crippen molar-refractivity contribution in [2.45, 2.75) is 13.5 Å². The van der Waals surface area contributed by atoms with Crippen LogP contribution in [0.2, 0.25) is 0 Å². The maximum atomic E-state index is 9.64. The van der Waals surface area contributed by atoms with Crippen molar-refractivity contribution < 1.29 is 9.47 Å². The van der Waals surface area contributed by atoms with E-state index in [1.54, 1.807) is 0 Å². The lowest BCUT2D eigenvalue weighted by Crippen LogP contribution is -2.01. The molecule has 0 unspecified atom stereocenters. The Morgan fingerprint density at radius 3 is 2.17 bits per heavy atom. The zero-order valence-electron chi connectivity index (χ0n) is 16.2. The van der Waals surface area contributed by atoms with Crippen LogP contribution in [0, 0.1) is 11.3 Å². The smallest absolute Gasteiger partial charge is 0.175 e. The molecule has 0 saturated carbocycles. The van der Waals surface area contributed by atoms with Crippen molar-refractivity contribution in [1.82, 2.24) is 0 Å². The summed E-state index contributed by atoms with van der Waals surface area (Å²) in [5.74, 6) is 1.27. The number of rotatable bonds is 7. The SMILES string of the molecule is CCOc1cc(/C=C(/C#N)c2ccc(Br)cc2)cc(Br)c1OCc1ccc(Br)cc1. The minimum atomic E-state index is 0.420. The van der Waals surface area contributed by atoms with Crippen molar-refractivity contribution in [2.24, 2.45) is 0 Å². The van der Waals surface area contributed by atoms with Crippen LogP contribution < -0.4 is 9.47 Å². The molecule has 0 atom stereocenters. The van der Waals surface area contributed by atoms with E-state index >= 15 is 0 Å². The van der Waals surface area contributed by atoms with Gasteiger partial charge in [0.25, 0.3) is 0 Å². The molecule has 3 rings (SSSR count). The van der Waals surface area contributed by atoms with Gasteiger partial charge in [-0.2, -0.15) is 5.26 Å². The van der Waals surface area contributed by atoms with Crippen LogP contribution in [0.3, 0.4) is 0 Å². The molecule has 30 heavy (non-hydrogen) atoms. The van der Waals surface area contributed by atoms with Crippen molar-refractivity contribution in [3.63, 3.8) is 0 Å². The summed E-state index contributed by atoms with van der Waals surface area (Å²) in [6, 6.07) is 21.7. The molecule has 0 aliphatic carbocycles. The van der Waals surface area contributed by atoms with Crippen molar-refractivity contribution in [3.8, 4) is 17.6 Å². The molecular formula is C24H18Br3NO2. The first-order valence-corrected chi connectivity index (χ1v) is 11.6. The van der Waals surface area contributed by atoms with Crippen LogP contribution in [0.4, 0.5) is 0 Å². The molecule has 3 nitrogen and oxygen atoms in total. The number of nitrogens with zero attached hydrogens (tertiary/aromatic N) is 1. The van der Waals surface area contributed by atoms with Crippen molar-refractivity contribution in [3.05, 3.63) is 90.8 Å². The number of ether oxygens (including phenoxy) is 2. The van der Waals surface area contributed by atoms with E-state index in [1.165, 1.54) is 0 Å². The third-order valence-corrected chi connectivity index (χ3v) is 5.86. The number of allylic oxidation sites excluding steroid dienone is 1. The average molecular weight is 592 g/mol. The lowest BCUT2D eigenvalue weighted by Gasteiger charge is -2.15. The highest BCUT2D eigenvalue weighted by molar-refractivity contribution is 9.11. The summed E-state index contributed by atoms with van der Waals surface area (Å²) in [5, 5.41) is 9.64. The molecule has 0 heterocycles. The van der Waals surface area contributed by atoms with E-state index in [-0.39, 0.29) is 0 Å². The van der Waals surface area contributed by atoms with Crippen LogP contribution >= 0.6 is 47.8 Å². The molecular weight excluding hydrogens is 574 g/mol. The summed E-state index contributed by atoms with van der Waals surface area (Å²) in [4.78, 5) is 0. The molecule has 152 valence electrons. The Bertz CT molecular complexity index is 1090. The number of benzene rings is 3. The highest BCUT2D eigenvalue weighted by Crippen LogP contribution is 2.38. The minimum Gasteiger partial charge on any atom is -0.490 e. The molecule has 0 fully saturated rings. The Morgan fingerprint density at radius 1 is 0.933 bits per heavy atom. The van der Waals surface area contributed by atoms with Gasteiger partial charge in [-0.1, -0.05) is 56.1 Å². The van der Waals surface area contributed by atoms with Crippen LogP contribution in [-0.4, -0.2) is 6.61 Å². The molecule has 0 amide bonds. The lowest BCUT2D eigenvalue weighted by molar-refractivity contribution is 0.267. The summed E-state index contributed by atoms with van der Waals surface area (Å²) in [7, 11) is 0. The van der Waals surface area contributed by atoms with Gasteiger partial charge in [0.2, 0.25) is 0 Å². The summed E-state index contributed by atoms with van der Waals surface area (Å²) in [5.41, 5.74) is 3.32. The molecule has 0 radical (unpaired) electrons. The Morgan fingerprint density at radius 2 is 1.57 bits per heavy atom. The summed E-state index contributed by atoms with van der Waals surface area (Å²) >= 11 is 10.5. The van der Waals surface area contributed by atoms with E-state index in [0.717, 1.165) is 30.1 Å².